The van der Waals surface area contributed by atoms with Crippen LogP contribution in [0.5, 0.6) is 0 Å². The third kappa shape index (κ3) is 3.68. The minimum Gasteiger partial charge on any atom is -0.399 e. The van der Waals surface area contributed by atoms with Crippen LogP contribution in [-0.4, -0.2) is 29.3 Å². The number of carbonyl (C=O) groups is 3. The lowest BCUT2D eigenvalue weighted by molar-refractivity contribution is -0.140. The van der Waals surface area contributed by atoms with Gasteiger partial charge in [0.15, 0.2) is 5.92 Å². The van der Waals surface area contributed by atoms with Gasteiger partial charge in [-0.05, 0) is 24.6 Å². The van der Waals surface area contributed by atoms with Gasteiger partial charge in [0.05, 0.1) is 0 Å². The first-order chi connectivity index (χ1) is 10.9. The quantitative estimate of drug-likeness (QED) is 0.547. The second-order valence-corrected chi connectivity index (χ2v) is 5.35. The Morgan fingerprint density at radius 2 is 2.13 bits per heavy atom. The maximum Gasteiger partial charge on any atom is 0.330 e. The van der Waals surface area contributed by atoms with Crippen molar-refractivity contribution in [3.63, 3.8) is 0 Å². The summed E-state index contributed by atoms with van der Waals surface area (Å²) in [6.07, 6.45) is 1.51. The van der Waals surface area contributed by atoms with Crippen LogP contribution < -0.4 is 16.4 Å². The zero-order valence-corrected chi connectivity index (χ0v) is 13.0. The van der Waals surface area contributed by atoms with Crippen molar-refractivity contribution in [2.24, 2.45) is 5.92 Å². The maximum atomic E-state index is 12.5. The normalized spacial score (nSPS) is 17.9. The van der Waals surface area contributed by atoms with E-state index in [1.807, 2.05) is 6.92 Å². The molecular weight excluding hydrogens is 296 g/mol. The first-order valence-electron chi connectivity index (χ1n) is 7.41. The van der Waals surface area contributed by atoms with Gasteiger partial charge in [-0.2, -0.15) is 0 Å². The fourth-order valence-electron chi connectivity index (χ4n) is 2.32. The summed E-state index contributed by atoms with van der Waals surface area (Å²) >= 11 is 0. The second kappa shape index (κ2) is 6.95. The SMILES string of the molecule is C=C(Nc1cccc(N)c1)[C@H]1C(=O)NC(=O)N(CCCC)C1=O. The van der Waals surface area contributed by atoms with E-state index in [0.717, 1.165) is 11.3 Å². The molecule has 0 aliphatic carbocycles. The molecule has 1 heterocycles. The van der Waals surface area contributed by atoms with Crippen LogP contribution in [0.3, 0.4) is 0 Å². The van der Waals surface area contributed by atoms with Gasteiger partial charge in [0.1, 0.15) is 0 Å². The highest BCUT2D eigenvalue weighted by molar-refractivity contribution is 6.17. The molecule has 0 bridgehead atoms. The average molecular weight is 316 g/mol. The Balaban J connectivity index is 2.15. The standard InChI is InChI=1S/C16H20N4O3/c1-3-4-8-20-15(22)13(14(21)19-16(20)23)10(2)18-12-7-5-6-11(17)9-12/h5-7,9,13,18H,2-4,8,17H2,1H3,(H,19,21,23)/t13-/m0/s1. The average Bonchev–Trinajstić information content (AvgIpc) is 2.46. The van der Waals surface area contributed by atoms with E-state index < -0.39 is 23.8 Å². The molecule has 0 unspecified atom stereocenters. The highest BCUT2D eigenvalue weighted by Gasteiger charge is 2.41. The molecule has 0 saturated carbocycles. The van der Waals surface area contributed by atoms with Crippen LogP contribution in [0.25, 0.3) is 0 Å². The molecule has 1 aromatic rings. The number of anilines is 2. The van der Waals surface area contributed by atoms with Crippen LogP contribution in [0.4, 0.5) is 16.2 Å². The van der Waals surface area contributed by atoms with Crippen molar-refractivity contribution in [2.45, 2.75) is 19.8 Å². The zero-order chi connectivity index (χ0) is 17.0. The highest BCUT2D eigenvalue weighted by Crippen LogP contribution is 2.21. The Hall–Kier alpha value is -2.83. The molecule has 0 radical (unpaired) electrons. The lowest BCUT2D eigenvalue weighted by Crippen LogP contribution is -2.58. The third-order valence-electron chi connectivity index (χ3n) is 3.53. The first-order valence-corrected chi connectivity index (χ1v) is 7.41. The number of urea groups is 1. The highest BCUT2D eigenvalue weighted by atomic mass is 16.2. The molecular formula is C16H20N4O3. The number of nitrogen functional groups attached to an aromatic ring is 1. The van der Waals surface area contributed by atoms with Crippen LogP contribution >= 0.6 is 0 Å². The van der Waals surface area contributed by atoms with E-state index in [-0.39, 0.29) is 12.2 Å². The van der Waals surface area contributed by atoms with E-state index in [0.29, 0.717) is 17.8 Å². The number of imide groups is 2. The predicted octanol–water partition coefficient (Wildman–Crippen LogP) is 1.69. The molecule has 2 rings (SSSR count). The monoisotopic (exact) mass is 316 g/mol. The zero-order valence-electron chi connectivity index (χ0n) is 13.0. The number of carbonyl (C=O) groups excluding carboxylic acids is 3. The Labute approximate surface area is 134 Å². The van der Waals surface area contributed by atoms with E-state index >= 15 is 0 Å². The number of hydrogen-bond donors (Lipinski definition) is 3. The molecule has 1 aliphatic heterocycles. The molecule has 7 heteroatoms. The Morgan fingerprint density at radius 3 is 2.78 bits per heavy atom. The smallest absolute Gasteiger partial charge is 0.330 e. The Bertz CT molecular complexity index is 656. The minimum atomic E-state index is -1.15. The van der Waals surface area contributed by atoms with E-state index in [1.165, 1.54) is 0 Å². The van der Waals surface area contributed by atoms with E-state index in [4.69, 9.17) is 5.73 Å². The number of unbranched alkanes of at least 4 members (excludes halogenated alkanes) is 1. The van der Waals surface area contributed by atoms with E-state index in [1.54, 1.807) is 24.3 Å². The van der Waals surface area contributed by atoms with Gasteiger partial charge in [-0.3, -0.25) is 19.8 Å². The number of hydrogen-bond acceptors (Lipinski definition) is 5. The molecule has 4 N–H and O–H groups in total. The van der Waals surface area contributed by atoms with Gasteiger partial charge < -0.3 is 11.1 Å². The number of nitrogens with two attached hydrogens (primary N) is 1. The van der Waals surface area contributed by atoms with Crippen molar-refractivity contribution in [3.05, 3.63) is 36.5 Å². The molecule has 0 spiro atoms. The lowest BCUT2D eigenvalue weighted by atomic mass is 10.0. The number of amides is 4. The van der Waals surface area contributed by atoms with Crippen molar-refractivity contribution in [2.75, 3.05) is 17.6 Å². The van der Waals surface area contributed by atoms with Crippen LogP contribution in [0, 0.1) is 5.92 Å². The van der Waals surface area contributed by atoms with Crippen molar-refractivity contribution in [1.29, 1.82) is 0 Å². The maximum absolute atomic E-state index is 12.5. The van der Waals surface area contributed by atoms with Crippen LogP contribution in [0.15, 0.2) is 36.5 Å². The summed E-state index contributed by atoms with van der Waals surface area (Å²) in [6.45, 7) is 6.00. The van der Waals surface area contributed by atoms with Gasteiger partial charge in [0.25, 0.3) is 0 Å². The Kier molecular flexibility index (Phi) is 5.00. The molecule has 4 amide bonds. The Morgan fingerprint density at radius 1 is 1.39 bits per heavy atom. The van der Waals surface area contributed by atoms with E-state index in [9.17, 15) is 14.4 Å². The first kappa shape index (κ1) is 16.5. The second-order valence-electron chi connectivity index (χ2n) is 5.35. The largest absolute Gasteiger partial charge is 0.399 e. The van der Waals surface area contributed by atoms with Gasteiger partial charge >= 0.3 is 6.03 Å². The fourth-order valence-corrected chi connectivity index (χ4v) is 2.32. The van der Waals surface area contributed by atoms with Crippen molar-refractivity contribution < 1.29 is 14.4 Å². The van der Waals surface area contributed by atoms with Gasteiger partial charge in [-0.15, -0.1) is 0 Å². The van der Waals surface area contributed by atoms with Gasteiger partial charge in [-0.25, -0.2) is 4.79 Å². The third-order valence-corrected chi connectivity index (χ3v) is 3.53. The molecule has 0 aromatic heterocycles. The van der Waals surface area contributed by atoms with E-state index in [2.05, 4.69) is 17.2 Å². The summed E-state index contributed by atoms with van der Waals surface area (Å²) in [4.78, 5) is 37.4. The number of nitrogens with one attached hydrogen (secondary N) is 2. The number of rotatable bonds is 6. The topological polar surface area (TPSA) is 105 Å². The molecule has 1 atom stereocenters. The molecule has 23 heavy (non-hydrogen) atoms. The lowest BCUT2D eigenvalue weighted by Gasteiger charge is -2.31. The van der Waals surface area contributed by atoms with Crippen LogP contribution in [0.2, 0.25) is 0 Å². The fraction of sp³-hybridized carbons (Fsp3) is 0.312. The summed E-state index contributed by atoms with van der Waals surface area (Å²) in [7, 11) is 0. The van der Waals surface area contributed by atoms with Crippen molar-refractivity contribution in [1.82, 2.24) is 10.2 Å². The number of barbiturate groups is 1. The van der Waals surface area contributed by atoms with Gasteiger partial charge in [0, 0.05) is 23.6 Å². The van der Waals surface area contributed by atoms with Crippen LogP contribution in [-0.2, 0) is 9.59 Å². The van der Waals surface area contributed by atoms with Gasteiger partial charge in [0.2, 0.25) is 11.8 Å². The summed E-state index contributed by atoms with van der Waals surface area (Å²) in [5.74, 6) is -2.38. The molecule has 122 valence electrons. The van der Waals surface area contributed by atoms with Crippen LogP contribution in [0.1, 0.15) is 19.8 Å². The minimum absolute atomic E-state index is 0.201. The van der Waals surface area contributed by atoms with Crippen molar-refractivity contribution >= 4 is 29.2 Å². The molecule has 7 nitrogen and oxygen atoms in total. The summed E-state index contributed by atoms with van der Waals surface area (Å²) < 4.78 is 0. The molecule has 1 aromatic carbocycles. The number of benzene rings is 1. The summed E-state index contributed by atoms with van der Waals surface area (Å²) in [5, 5.41) is 5.11. The molecule has 1 fully saturated rings. The van der Waals surface area contributed by atoms with Crippen molar-refractivity contribution in [3.8, 4) is 0 Å². The molecule has 1 saturated heterocycles. The predicted molar refractivity (Wildman–Crippen MR) is 87.3 cm³/mol. The summed E-state index contributed by atoms with van der Waals surface area (Å²) in [6, 6.07) is 6.19. The molecule has 1 aliphatic rings. The summed E-state index contributed by atoms with van der Waals surface area (Å²) in [5.41, 5.74) is 7.06. The number of nitrogens with zero attached hydrogens (tertiary/aromatic N) is 1. The van der Waals surface area contributed by atoms with Gasteiger partial charge in [-0.1, -0.05) is 26.0 Å².